The molecule has 0 aromatic rings. The average molecular weight is 380 g/mol. The van der Waals surface area contributed by atoms with Gasteiger partial charge in [-0.05, 0) is 44.4 Å². The van der Waals surface area contributed by atoms with Crippen molar-refractivity contribution in [2.24, 2.45) is 11.8 Å². The maximum Gasteiger partial charge on any atom is 0.334 e. The van der Waals surface area contributed by atoms with Gasteiger partial charge >= 0.3 is 5.97 Å². The number of aliphatic carboxylic acids is 1. The number of ether oxygens (including phenoxy) is 1. The molecule has 1 atom stereocenters. The van der Waals surface area contributed by atoms with Crippen molar-refractivity contribution in [2.45, 2.75) is 76.4 Å². The lowest BCUT2D eigenvalue weighted by Gasteiger charge is -2.36. The molecular weight excluding hydrogens is 348 g/mol. The van der Waals surface area contributed by atoms with Crippen LogP contribution in [-0.4, -0.2) is 59.6 Å². The Balaban J connectivity index is 1.39. The van der Waals surface area contributed by atoms with Crippen LogP contribution < -0.4 is 5.32 Å². The Hall–Kier alpha value is -1.63. The second kappa shape index (κ2) is 9.53. The van der Waals surface area contributed by atoms with Gasteiger partial charge in [-0.15, -0.1) is 0 Å². The summed E-state index contributed by atoms with van der Waals surface area (Å²) in [6.45, 7) is 0.863. The van der Waals surface area contributed by atoms with Crippen LogP contribution in [0.3, 0.4) is 0 Å². The monoisotopic (exact) mass is 380 g/mol. The van der Waals surface area contributed by atoms with Gasteiger partial charge in [-0.1, -0.05) is 19.3 Å². The minimum Gasteiger partial charge on any atom is -0.479 e. The Morgan fingerprint density at radius 2 is 1.70 bits per heavy atom. The van der Waals surface area contributed by atoms with Crippen LogP contribution in [0, 0.1) is 11.8 Å². The summed E-state index contributed by atoms with van der Waals surface area (Å²) >= 11 is 0. The van der Waals surface area contributed by atoms with Crippen molar-refractivity contribution >= 4 is 17.8 Å². The van der Waals surface area contributed by atoms with E-state index in [0.29, 0.717) is 18.9 Å². The maximum atomic E-state index is 12.7. The van der Waals surface area contributed by atoms with Gasteiger partial charge < -0.3 is 20.1 Å². The molecule has 3 fully saturated rings. The van der Waals surface area contributed by atoms with E-state index in [1.54, 1.807) is 4.90 Å². The fraction of sp³-hybridized carbons (Fsp3) is 0.850. The summed E-state index contributed by atoms with van der Waals surface area (Å²) < 4.78 is 5.19. The topological polar surface area (TPSA) is 95.9 Å². The van der Waals surface area contributed by atoms with Crippen molar-refractivity contribution < 1.29 is 24.2 Å². The van der Waals surface area contributed by atoms with Crippen molar-refractivity contribution in [3.63, 3.8) is 0 Å². The molecule has 1 heterocycles. The molecule has 2 saturated carbocycles. The predicted octanol–water partition coefficient (Wildman–Crippen LogP) is 1.94. The summed E-state index contributed by atoms with van der Waals surface area (Å²) in [5, 5.41) is 12.2. The second-order valence-corrected chi connectivity index (χ2v) is 8.31. The van der Waals surface area contributed by atoms with Crippen LogP contribution in [0.5, 0.6) is 0 Å². The number of hydrogen-bond acceptors (Lipinski definition) is 4. The van der Waals surface area contributed by atoms with Crippen LogP contribution in [0.2, 0.25) is 0 Å². The van der Waals surface area contributed by atoms with Gasteiger partial charge in [0, 0.05) is 24.9 Å². The Morgan fingerprint density at radius 1 is 1.00 bits per heavy atom. The second-order valence-electron chi connectivity index (χ2n) is 8.31. The molecule has 1 saturated heterocycles. The summed E-state index contributed by atoms with van der Waals surface area (Å²) in [4.78, 5) is 37.7. The van der Waals surface area contributed by atoms with Crippen molar-refractivity contribution in [1.29, 1.82) is 0 Å². The first kappa shape index (κ1) is 20.1. The highest BCUT2D eigenvalue weighted by Gasteiger charge is 2.34. The standard InChI is InChI=1S/C20H32N2O5/c23-18(12-14-4-2-1-3-5-14)21-16-8-6-15(7-9-16)19(24)22-10-11-27-17(13-22)20(25)26/h14-17H,1-13H2,(H,21,23)(H,25,26). The Bertz CT molecular complexity index is 538. The number of carbonyl (C=O) groups excluding carboxylic acids is 2. The van der Waals surface area contributed by atoms with Crippen LogP contribution in [0.25, 0.3) is 0 Å². The van der Waals surface area contributed by atoms with Crippen LogP contribution in [-0.2, 0) is 19.1 Å². The van der Waals surface area contributed by atoms with E-state index in [1.165, 1.54) is 32.1 Å². The van der Waals surface area contributed by atoms with Crippen molar-refractivity contribution in [2.75, 3.05) is 19.7 Å². The summed E-state index contributed by atoms with van der Waals surface area (Å²) in [6.07, 6.45) is 9.00. The molecule has 3 rings (SSSR count). The zero-order valence-corrected chi connectivity index (χ0v) is 16.0. The molecule has 2 amide bonds. The van der Waals surface area contributed by atoms with Gasteiger partial charge in [0.25, 0.3) is 0 Å². The van der Waals surface area contributed by atoms with Gasteiger partial charge in [-0.25, -0.2) is 4.79 Å². The van der Waals surface area contributed by atoms with Gasteiger partial charge in [-0.3, -0.25) is 9.59 Å². The van der Waals surface area contributed by atoms with Crippen molar-refractivity contribution in [3.8, 4) is 0 Å². The highest BCUT2D eigenvalue weighted by atomic mass is 16.5. The molecular formula is C20H32N2O5. The van der Waals surface area contributed by atoms with Gasteiger partial charge in [0.05, 0.1) is 13.2 Å². The molecule has 0 radical (unpaired) electrons. The Labute approximate surface area is 160 Å². The summed E-state index contributed by atoms with van der Waals surface area (Å²) in [7, 11) is 0. The normalized spacial score (nSPS) is 29.9. The molecule has 2 N–H and O–H groups in total. The van der Waals surface area contributed by atoms with Crippen LogP contribution in [0.4, 0.5) is 0 Å². The van der Waals surface area contributed by atoms with E-state index in [9.17, 15) is 14.4 Å². The number of carbonyl (C=O) groups is 3. The maximum absolute atomic E-state index is 12.7. The Kier molecular flexibility index (Phi) is 7.10. The summed E-state index contributed by atoms with van der Waals surface area (Å²) in [5.41, 5.74) is 0. The Morgan fingerprint density at radius 3 is 2.37 bits per heavy atom. The molecule has 0 bridgehead atoms. The number of amides is 2. The molecule has 2 aliphatic carbocycles. The number of nitrogens with zero attached hydrogens (tertiary/aromatic N) is 1. The van der Waals surface area contributed by atoms with Gasteiger partial charge in [-0.2, -0.15) is 0 Å². The van der Waals surface area contributed by atoms with E-state index in [-0.39, 0.29) is 36.9 Å². The lowest BCUT2D eigenvalue weighted by molar-refractivity contribution is -0.160. The number of hydrogen-bond donors (Lipinski definition) is 2. The number of carboxylic acids is 1. The first-order chi connectivity index (χ1) is 13.0. The van der Waals surface area contributed by atoms with E-state index in [0.717, 1.165) is 25.7 Å². The third kappa shape index (κ3) is 5.67. The van der Waals surface area contributed by atoms with Crippen molar-refractivity contribution in [3.05, 3.63) is 0 Å². The zero-order valence-electron chi connectivity index (χ0n) is 16.0. The first-order valence-electron chi connectivity index (χ1n) is 10.5. The lowest BCUT2D eigenvalue weighted by Crippen LogP contribution is -2.51. The van der Waals surface area contributed by atoms with Crippen LogP contribution in [0.1, 0.15) is 64.2 Å². The highest BCUT2D eigenvalue weighted by Crippen LogP contribution is 2.28. The fourth-order valence-electron chi connectivity index (χ4n) is 4.68. The van der Waals surface area contributed by atoms with E-state index < -0.39 is 12.1 Å². The number of nitrogens with one attached hydrogen (secondary N) is 1. The zero-order chi connectivity index (χ0) is 19.2. The smallest absolute Gasteiger partial charge is 0.334 e. The molecule has 0 aromatic carbocycles. The molecule has 7 heteroatoms. The molecule has 152 valence electrons. The lowest BCUT2D eigenvalue weighted by atomic mass is 9.84. The molecule has 1 unspecified atom stereocenters. The van der Waals surface area contributed by atoms with E-state index >= 15 is 0 Å². The van der Waals surface area contributed by atoms with Gasteiger partial charge in [0.2, 0.25) is 11.8 Å². The minimum atomic E-state index is -1.02. The molecule has 1 aliphatic heterocycles. The first-order valence-corrected chi connectivity index (χ1v) is 10.5. The largest absolute Gasteiger partial charge is 0.479 e. The average Bonchev–Trinajstić information content (AvgIpc) is 2.69. The molecule has 0 aromatic heterocycles. The highest BCUT2D eigenvalue weighted by molar-refractivity contribution is 5.81. The molecule has 3 aliphatic rings. The third-order valence-electron chi connectivity index (χ3n) is 6.29. The van der Waals surface area contributed by atoms with Crippen LogP contribution in [0.15, 0.2) is 0 Å². The quantitative estimate of drug-likeness (QED) is 0.760. The van der Waals surface area contributed by atoms with E-state index in [4.69, 9.17) is 9.84 Å². The molecule has 7 nitrogen and oxygen atoms in total. The van der Waals surface area contributed by atoms with E-state index in [2.05, 4.69) is 5.32 Å². The third-order valence-corrected chi connectivity index (χ3v) is 6.29. The summed E-state index contributed by atoms with van der Waals surface area (Å²) in [5.74, 6) is -0.341. The van der Waals surface area contributed by atoms with Gasteiger partial charge in [0.1, 0.15) is 0 Å². The SMILES string of the molecule is O=C(CC1CCCCC1)NC1CCC(C(=O)N2CCOC(C(=O)O)C2)CC1. The number of rotatable bonds is 5. The van der Waals surface area contributed by atoms with Crippen molar-refractivity contribution in [1.82, 2.24) is 10.2 Å². The fourth-order valence-corrected chi connectivity index (χ4v) is 4.68. The number of carboxylic acid groups (broad SMARTS) is 1. The van der Waals surface area contributed by atoms with Gasteiger partial charge in [0.15, 0.2) is 6.10 Å². The summed E-state index contributed by atoms with van der Waals surface area (Å²) in [6, 6.07) is 0.168. The van der Waals surface area contributed by atoms with E-state index in [1.807, 2.05) is 0 Å². The molecule has 0 spiro atoms. The van der Waals surface area contributed by atoms with Crippen LogP contribution >= 0.6 is 0 Å². The number of morpholine rings is 1. The predicted molar refractivity (Wildman–Crippen MR) is 99.0 cm³/mol. The minimum absolute atomic E-state index is 0.0385. The molecule has 27 heavy (non-hydrogen) atoms.